The van der Waals surface area contributed by atoms with E-state index in [0.29, 0.717) is 31.9 Å². The summed E-state index contributed by atoms with van der Waals surface area (Å²) in [6.45, 7) is 0.214. The first-order valence-electron chi connectivity index (χ1n) is 8.70. The van der Waals surface area contributed by atoms with Gasteiger partial charge in [-0.05, 0) is 57.4 Å². The molecule has 3 nitrogen and oxygen atoms in total. The smallest absolute Gasteiger partial charge is 0.197 e. The quantitative estimate of drug-likeness (QED) is 0.332. The Labute approximate surface area is 179 Å². The summed E-state index contributed by atoms with van der Waals surface area (Å²) < 4.78 is 19.3. The summed E-state index contributed by atoms with van der Waals surface area (Å²) >= 11 is 9.78. The molecule has 6 heteroatoms. The number of rotatable bonds is 4. The SMILES string of the molecule is O=C1C(=Cc2cc(Cl)c(OCc3ccc(F)cc3)c(Br)c2)C(=O)c2ccccc21. The van der Waals surface area contributed by atoms with Gasteiger partial charge >= 0.3 is 0 Å². The maximum Gasteiger partial charge on any atom is 0.197 e. The molecule has 0 saturated carbocycles. The van der Waals surface area contributed by atoms with E-state index >= 15 is 0 Å². The van der Waals surface area contributed by atoms with Gasteiger partial charge in [-0.3, -0.25) is 9.59 Å². The van der Waals surface area contributed by atoms with Crippen molar-refractivity contribution in [2.24, 2.45) is 0 Å². The number of ketones is 2. The number of fused-ring (bicyclic) bond motifs is 1. The molecule has 0 N–H and O–H groups in total. The molecule has 1 aliphatic carbocycles. The Kier molecular flexibility index (Phi) is 5.35. The van der Waals surface area contributed by atoms with Crippen molar-refractivity contribution in [2.45, 2.75) is 6.61 Å². The fourth-order valence-electron chi connectivity index (χ4n) is 3.11. The van der Waals surface area contributed by atoms with Crippen LogP contribution in [0.25, 0.3) is 6.08 Å². The molecule has 0 bridgehead atoms. The summed E-state index contributed by atoms with van der Waals surface area (Å²) in [5.41, 5.74) is 2.32. The van der Waals surface area contributed by atoms with Crippen LogP contribution in [0.15, 0.2) is 70.7 Å². The van der Waals surface area contributed by atoms with Gasteiger partial charge in [-0.25, -0.2) is 4.39 Å². The Morgan fingerprint density at radius 1 is 0.966 bits per heavy atom. The molecule has 0 heterocycles. The van der Waals surface area contributed by atoms with E-state index in [1.807, 2.05) is 0 Å². The second-order valence-corrected chi connectivity index (χ2v) is 7.75. The lowest BCUT2D eigenvalue weighted by molar-refractivity contribution is 0.0990. The summed E-state index contributed by atoms with van der Waals surface area (Å²) in [5.74, 6) is -0.488. The second kappa shape index (κ2) is 7.93. The van der Waals surface area contributed by atoms with Gasteiger partial charge in [-0.15, -0.1) is 0 Å². The van der Waals surface area contributed by atoms with Crippen molar-refractivity contribution in [3.8, 4) is 5.75 Å². The van der Waals surface area contributed by atoms with Crippen LogP contribution >= 0.6 is 27.5 Å². The maximum atomic E-state index is 13.0. The van der Waals surface area contributed by atoms with Gasteiger partial charge < -0.3 is 4.74 Å². The zero-order valence-corrected chi connectivity index (χ0v) is 17.3. The lowest BCUT2D eigenvalue weighted by Crippen LogP contribution is -2.01. The molecule has 0 fully saturated rings. The average Bonchev–Trinajstić information content (AvgIpc) is 2.94. The fraction of sp³-hybridized carbons (Fsp3) is 0.0435. The first-order chi connectivity index (χ1) is 13.9. The molecule has 3 aromatic carbocycles. The van der Waals surface area contributed by atoms with Crippen molar-refractivity contribution >= 4 is 45.2 Å². The fourth-order valence-corrected chi connectivity index (χ4v) is 4.10. The minimum Gasteiger partial charge on any atom is -0.486 e. The van der Waals surface area contributed by atoms with Gasteiger partial charge in [-0.2, -0.15) is 0 Å². The van der Waals surface area contributed by atoms with Crippen LogP contribution in [0.4, 0.5) is 4.39 Å². The number of benzene rings is 3. The van der Waals surface area contributed by atoms with Crippen LogP contribution in [-0.4, -0.2) is 11.6 Å². The maximum absolute atomic E-state index is 13.0. The van der Waals surface area contributed by atoms with Gasteiger partial charge in [-0.1, -0.05) is 48.0 Å². The third-order valence-electron chi connectivity index (χ3n) is 4.53. The van der Waals surface area contributed by atoms with Crippen molar-refractivity contribution < 1.29 is 18.7 Å². The number of Topliss-reactive ketones (excluding diaryl/α,β-unsaturated/α-hetero) is 2. The van der Waals surface area contributed by atoms with E-state index in [1.54, 1.807) is 48.5 Å². The van der Waals surface area contributed by atoms with E-state index in [-0.39, 0.29) is 29.6 Å². The molecule has 144 valence electrons. The first kappa shape index (κ1) is 19.6. The summed E-state index contributed by atoms with van der Waals surface area (Å²) in [5, 5.41) is 0.323. The zero-order valence-electron chi connectivity index (χ0n) is 14.9. The minimum atomic E-state index is -0.316. The Morgan fingerprint density at radius 3 is 2.17 bits per heavy atom. The predicted octanol–water partition coefficient (Wildman–Crippen LogP) is 6.28. The molecule has 0 amide bonds. The number of halogens is 3. The Morgan fingerprint density at radius 2 is 1.59 bits per heavy atom. The number of hydrogen-bond acceptors (Lipinski definition) is 3. The molecule has 0 aliphatic heterocycles. The van der Waals surface area contributed by atoms with Crippen LogP contribution in [0.3, 0.4) is 0 Å². The molecule has 4 rings (SSSR count). The standard InChI is InChI=1S/C23H13BrClFO3/c24-19-10-14(9-18-21(27)16-3-1-2-4-17(16)22(18)28)11-20(25)23(19)29-12-13-5-7-15(26)8-6-13/h1-11H,12H2. The van der Waals surface area contributed by atoms with Crippen molar-refractivity contribution in [1.29, 1.82) is 0 Å². The Balaban J connectivity index is 1.59. The molecule has 0 radical (unpaired) electrons. The van der Waals surface area contributed by atoms with Gasteiger partial charge in [0.05, 0.1) is 15.1 Å². The monoisotopic (exact) mass is 470 g/mol. The average molecular weight is 472 g/mol. The van der Waals surface area contributed by atoms with E-state index in [4.69, 9.17) is 16.3 Å². The second-order valence-electron chi connectivity index (χ2n) is 6.49. The highest BCUT2D eigenvalue weighted by Gasteiger charge is 2.32. The van der Waals surface area contributed by atoms with E-state index in [0.717, 1.165) is 5.56 Å². The highest BCUT2D eigenvalue weighted by molar-refractivity contribution is 9.10. The molecular formula is C23H13BrClFO3. The number of carbonyl (C=O) groups is 2. The molecule has 0 aromatic heterocycles. The largest absolute Gasteiger partial charge is 0.486 e. The van der Waals surface area contributed by atoms with Crippen LogP contribution in [-0.2, 0) is 6.61 Å². The molecule has 3 aromatic rings. The number of hydrogen-bond donors (Lipinski definition) is 0. The minimum absolute atomic E-state index is 0.106. The molecule has 0 unspecified atom stereocenters. The predicted molar refractivity (Wildman–Crippen MR) is 113 cm³/mol. The topological polar surface area (TPSA) is 43.4 Å². The Bertz CT molecular complexity index is 1110. The van der Waals surface area contributed by atoms with E-state index in [2.05, 4.69) is 15.9 Å². The molecule has 29 heavy (non-hydrogen) atoms. The van der Waals surface area contributed by atoms with Crippen LogP contribution in [0, 0.1) is 5.82 Å². The molecule has 0 saturated heterocycles. The van der Waals surface area contributed by atoms with Gasteiger partial charge in [0.2, 0.25) is 0 Å². The van der Waals surface area contributed by atoms with Gasteiger partial charge in [0.25, 0.3) is 0 Å². The summed E-state index contributed by atoms with van der Waals surface area (Å²) in [6, 6.07) is 16.1. The third-order valence-corrected chi connectivity index (χ3v) is 5.40. The lowest BCUT2D eigenvalue weighted by atomic mass is 10.1. The summed E-state index contributed by atoms with van der Waals surface area (Å²) in [7, 11) is 0. The van der Waals surface area contributed by atoms with E-state index in [1.165, 1.54) is 18.2 Å². The lowest BCUT2D eigenvalue weighted by Gasteiger charge is -2.11. The summed E-state index contributed by atoms with van der Waals surface area (Å²) in [4.78, 5) is 25.1. The van der Waals surface area contributed by atoms with Gasteiger partial charge in [0.1, 0.15) is 12.4 Å². The zero-order chi connectivity index (χ0) is 20.5. The molecule has 1 aliphatic rings. The van der Waals surface area contributed by atoms with Gasteiger partial charge in [0.15, 0.2) is 17.3 Å². The third kappa shape index (κ3) is 3.88. The Hall–Kier alpha value is -2.76. The first-order valence-corrected chi connectivity index (χ1v) is 9.87. The highest BCUT2D eigenvalue weighted by atomic mass is 79.9. The van der Waals surface area contributed by atoms with Crippen LogP contribution < -0.4 is 4.74 Å². The van der Waals surface area contributed by atoms with Crippen molar-refractivity contribution in [2.75, 3.05) is 0 Å². The van der Waals surface area contributed by atoms with Crippen molar-refractivity contribution in [1.82, 2.24) is 0 Å². The van der Waals surface area contributed by atoms with Crippen molar-refractivity contribution in [3.63, 3.8) is 0 Å². The number of ether oxygens (including phenoxy) is 1. The normalized spacial score (nSPS) is 12.9. The van der Waals surface area contributed by atoms with E-state index in [9.17, 15) is 14.0 Å². The van der Waals surface area contributed by atoms with Crippen LogP contribution in [0.5, 0.6) is 5.75 Å². The molecular weight excluding hydrogens is 459 g/mol. The number of allylic oxidation sites excluding steroid dienone is 1. The van der Waals surface area contributed by atoms with E-state index < -0.39 is 0 Å². The molecule has 0 spiro atoms. The van der Waals surface area contributed by atoms with Gasteiger partial charge in [0, 0.05) is 11.1 Å². The highest BCUT2D eigenvalue weighted by Crippen LogP contribution is 2.36. The van der Waals surface area contributed by atoms with Crippen LogP contribution in [0.2, 0.25) is 5.02 Å². The van der Waals surface area contributed by atoms with Crippen molar-refractivity contribution in [3.05, 3.63) is 104 Å². The van der Waals surface area contributed by atoms with Crippen LogP contribution in [0.1, 0.15) is 31.8 Å². The molecule has 0 atom stereocenters. The summed E-state index contributed by atoms with van der Waals surface area (Å²) in [6.07, 6.45) is 1.53. The number of carbonyl (C=O) groups excluding carboxylic acids is 2.